The van der Waals surface area contributed by atoms with Crippen LogP contribution in [0.3, 0.4) is 0 Å². The van der Waals surface area contributed by atoms with Crippen molar-refractivity contribution in [3.8, 4) is 11.5 Å². The van der Waals surface area contributed by atoms with Gasteiger partial charge in [-0.3, -0.25) is 30.1 Å². The number of carbonyl (C=O) groups is 3. The minimum atomic E-state index is -0.358. The number of benzene rings is 2. The topological polar surface area (TPSA) is 126 Å². The monoisotopic (exact) mass is 555 g/mol. The molecule has 0 atom stereocenters. The molecule has 2 aromatic carbocycles. The minimum absolute atomic E-state index is 0.0896. The number of carbonyl (C=O) groups excluding carboxylic acids is 3. The van der Waals surface area contributed by atoms with Crippen LogP contribution in [0.15, 0.2) is 52.5 Å². The summed E-state index contributed by atoms with van der Waals surface area (Å²) in [5.41, 5.74) is 7.31. The summed E-state index contributed by atoms with van der Waals surface area (Å²) in [5, 5.41) is 0.624. The molecule has 1 fully saturated rings. The highest BCUT2D eigenvalue weighted by Gasteiger charge is 2.31. The highest BCUT2D eigenvalue weighted by Crippen LogP contribution is 2.36. The van der Waals surface area contributed by atoms with Gasteiger partial charge in [0.2, 0.25) is 18.6 Å². The van der Waals surface area contributed by atoms with E-state index in [0.29, 0.717) is 38.8 Å². The Morgan fingerprint density at radius 3 is 2.84 bits per heavy atom. The highest BCUT2D eigenvalue weighted by molar-refractivity contribution is 8.26. The standard InChI is InChI=1S/C24H21N5O5S3/c30-20(27-28-21(31)12-36-23-25-15-4-1-2-5-16(15)26-23)6-3-9-29-22(32)19(37-24(29)35)11-14-7-8-17-18(10-14)34-13-33-17/h1-2,4-5,7-8,10-11H,3,6,9,12-13H2,(H,25,26)(H,27,30)(H,28,31)/b19-11-. The number of imidazole rings is 1. The first-order chi connectivity index (χ1) is 18.0. The third-order valence-corrected chi connectivity index (χ3v) is 7.65. The average molecular weight is 556 g/mol. The number of aromatic nitrogens is 2. The molecule has 0 bridgehead atoms. The maximum absolute atomic E-state index is 12.8. The van der Waals surface area contributed by atoms with E-state index in [-0.39, 0.29) is 36.7 Å². The van der Waals surface area contributed by atoms with E-state index >= 15 is 0 Å². The molecule has 0 radical (unpaired) electrons. The molecule has 2 aliphatic rings. The van der Waals surface area contributed by atoms with E-state index in [1.54, 1.807) is 12.1 Å². The lowest BCUT2D eigenvalue weighted by Gasteiger charge is -2.14. The quantitative estimate of drug-likeness (QED) is 0.166. The number of hydrogen-bond donors (Lipinski definition) is 3. The fourth-order valence-electron chi connectivity index (χ4n) is 3.61. The van der Waals surface area contributed by atoms with E-state index in [1.165, 1.54) is 28.4 Å². The first-order valence-electron chi connectivity index (χ1n) is 11.3. The zero-order valence-electron chi connectivity index (χ0n) is 19.3. The van der Waals surface area contributed by atoms with Crippen molar-refractivity contribution in [2.75, 3.05) is 19.1 Å². The third kappa shape index (κ3) is 6.06. The molecule has 3 amide bonds. The maximum Gasteiger partial charge on any atom is 0.266 e. The molecule has 190 valence electrons. The van der Waals surface area contributed by atoms with Gasteiger partial charge in [0.1, 0.15) is 4.32 Å². The number of thioether (sulfide) groups is 2. The second-order valence-corrected chi connectivity index (χ2v) is 10.6. The summed E-state index contributed by atoms with van der Waals surface area (Å²) < 4.78 is 11.1. The number of thiocarbonyl (C=S) groups is 1. The lowest BCUT2D eigenvalue weighted by Crippen LogP contribution is -2.42. The summed E-state index contributed by atoms with van der Waals surface area (Å²) in [6.45, 7) is 0.478. The van der Waals surface area contributed by atoms with Crippen molar-refractivity contribution in [1.29, 1.82) is 0 Å². The first-order valence-corrected chi connectivity index (χ1v) is 13.5. The van der Waals surface area contributed by atoms with Crippen molar-refractivity contribution in [3.05, 3.63) is 52.9 Å². The zero-order valence-corrected chi connectivity index (χ0v) is 21.8. The number of para-hydroxylation sites is 2. The van der Waals surface area contributed by atoms with Crippen molar-refractivity contribution in [2.24, 2.45) is 0 Å². The highest BCUT2D eigenvalue weighted by atomic mass is 32.2. The normalized spacial score (nSPS) is 15.6. The van der Waals surface area contributed by atoms with Crippen LogP contribution in [0.1, 0.15) is 18.4 Å². The third-order valence-electron chi connectivity index (χ3n) is 5.40. The molecule has 1 saturated heterocycles. The van der Waals surface area contributed by atoms with E-state index in [2.05, 4.69) is 20.8 Å². The predicted molar refractivity (Wildman–Crippen MR) is 145 cm³/mol. The van der Waals surface area contributed by atoms with Gasteiger partial charge in [0.05, 0.1) is 21.7 Å². The molecular formula is C24H21N5O5S3. The number of amides is 3. The molecular weight excluding hydrogens is 534 g/mol. The lowest BCUT2D eigenvalue weighted by atomic mass is 10.2. The van der Waals surface area contributed by atoms with Crippen molar-refractivity contribution in [1.82, 2.24) is 25.7 Å². The maximum atomic E-state index is 12.8. The molecule has 0 unspecified atom stereocenters. The Morgan fingerprint density at radius 1 is 1.16 bits per heavy atom. The second-order valence-electron chi connectivity index (χ2n) is 7.99. The van der Waals surface area contributed by atoms with Crippen LogP contribution in [0.25, 0.3) is 17.1 Å². The molecule has 1 aromatic heterocycles. The van der Waals surface area contributed by atoms with Gasteiger partial charge in [-0.1, -0.05) is 53.9 Å². The number of hydrazine groups is 1. The molecule has 0 spiro atoms. The molecule has 3 N–H and O–H groups in total. The van der Waals surface area contributed by atoms with Crippen LogP contribution < -0.4 is 20.3 Å². The Labute approximate surface area is 225 Å². The van der Waals surface area contributed by atoms with Crippen molar-refractivity contribution >= 4 is 74.9 Å². The summed E-state index contributed by atoms with van der Waals surface area (Å²) in [6.07, 6.45) is 2.27. The SMILES string of the molecule is O=C(CCCN1C(=O)/C(=C/c2ccc3c(c2)OCO3)SC1=S)NNC(=O)CSc1nc2ccccc2[nH]1. The molecule has 5 rings (SSSR count). The van der Waals surface area contributed by atoms with Crippen LogP contribution in [0, 0.1) is 0 Å². The van der Waals surface area contributed by atoms with Gasteiger partial charge in [0.15, 0.2) is 16.7 Å². The summed E-state index contributed by atoms with van der Waals surface area (Å²) in [7, 11) is 0. The largest absolute Gasteiger partial charge is 0.454 e. The van der Waals surface area contributed by atoms with E-state index in [0.717, 1.165) is 16.6 Å². The number of rotatable bonds is 8. The second kappa shape index (κ2) is 11.2. The molecule has 0 aliphatic carbocycles. The summed E-state index contributed by atoms with van der Waals surface area (Å²) in [5.74, 6) is 0.475. The van der Waals surface area contributed by atoms with E-state index in [9.17, 15) is 14.4 Å². The Kier molecular flexibility index (Phi) is 7.63. The van der Waals surface area contributed by atoms with Gasteiger partial charge in [-0.05, 0) is 42.3 Å². The van der Waals surface area contributed by atoms with Crippen LogP contribution >= 0.6 is 35.7 Å². The number of aromatic amines is 1. The Morgan fingerprint density at radius 2 is 1.97 bits per heavy atom. The Bertz CT molecular complexity index is 1390. The van der Waals surface area contributed by atoms with Gasteiger partial charge in [-0.2, -0.15) is 0 Å². The number of nitrogens with zero attached hydrogens (tertiary/aromatic N) is 2. The van der Waals surface area contributed by atoms with E-state index in [4.69, 9.17) is 21.7 Å². The molecule has 37 heavy (non-hydrogen) atoms. The van der Waals surface area contributed by atoms with E-state index < -0.39 is 0 Å². The van der Waals surface area contributed by atoms with Crippen LogP contribution in [-0.4, -0.2) is 56.0 Å². The number of nitrogens with one attached hydrogen (secondary N) is 3. The number of hydrogen-bond acceptors (Lipinski definition) is 9. The molecule has 3 aromatic rings. The van der Waals surface area contributed by atoms with Crippen LogP contribution in [0.5, 0.6) is 11.5 Å². The number of fused-ring (bicyclic) bond motifs is 2. The van der Waals surface area contributed by atoms with Gasteiger partial charge in [-0.15, -0.1) is 0 Å². The van der Waals surface area contributed by atoms with Crippen molar-refractivity contribution in [2.45, 2.75) is 18.0 Å². The predicted octanol–water partition coefficient (Wildman–Crippen LogP) is 3.21. The zero-order chi connectivity index (χ0) is 25.8. The summed E-state index contributed by atoms with van der Waals surface area (Å²) >= 11 is 7.82. The molecule has 3 heterocycles. The van der Waals surface area contributed by atoms with Gasteiger partial charge in [-0.25, -0.2) is 4.98 Å². The lowest BCUT2D eigenvalue weighted by molar-refractivity contribution is -0.128. The van der Waals surface area contributed by atoms with Gasteiger partial charge < -0.3 is 14.5 Å². The van der Waals surface area contributed by atoms with Crippen molar-refractivity contribution < 1.29 is 23.9 Å². The molecule has 13 heteroatoms. The van der Waals surface area contributed by atoms with Gasteiger partial charge in [0, 0.05) is 13.0 Å². The smallest absolute Gasteiger partial charge is 0.266 e. The van der Waals surface area contributed by atoms with Gasteiger partial charge in [0.25, 0.3) is 5.91 Å². The van der Waals surface area contributed by atoms with Gasteiger partial charge >= 0.3 is 0 Å². The molecule has 0 saturated carbocycles. The fourth-order valence-corrected chi connectivity index (χ4v) is 5.61. The fraction of sp³-hybridized carbons (Fsp3) is 0.208. The minimum Gasteiger partial charge on any atom is -0.454 e. The number of ether oxygens (including phenoxy) is 2. The Balaban J connectivity index is 1.03. The van der Waals surface area contributed by atoms with Crippen molar-refractivity contribution in [3.63, 3.8) is 0 Å². The summed E-state index contributed by atoms with van der Waals surface area (Å²) in [6, 6.07) is 13.0. The summed E-state index contributed by atoms with van der Waals surface area (Å²) in [4.78, 5) is 46.5. The van der Waals surface area contributed by atoms with Crippen LogP contribution in [0.4, 0.5) is 0 Å². The van der Waals surface area contributed by atoms with Crippen LogP contribution in [0.2, 0.25) is 0 Å². The van der Waals surface area contributed by atoms with E-state index in [1.807, 2.05) is 36.4 Å². The van der Waals surface area contributed by atoms with Crippen LogP contribution in [-0.2, 0) is 14.4 Å². The number of H-pyrrole nitrogens is 1. The Hall–Kier alpha value is -3.55. The molecule has 2 aliphatic heterocycles. The first kappa shape index (κ1) is 25.1. The average Bonchev–Trinajstić information content (AvgIpc) is 3.59. The molecule has 10 nitrogen and oxygen atoms in total.